The first kappa shape index (κ1) is 15.3. The predicted octanol–water partition coefficient (Wildman–Crippen LogP) is 4.78. The first-order valence-electron chi connectivity index (χ1n) is 7.70. The molecular weight excluding hydrogens is 224 g/mol. The molecule has 0 aliphatic carbocycles. The molecule has 0 saturated heterocycles. The molecule has 2 heteroatoms. The molecule has 0 aromatic carbocycles. The second kappa shape index (κ2) is 11.3. The van der Waals surface area contributed by atoms with Gasteiger partial charge in [-0.2, -0.15) is 0 Å². The highest BCUT2D eigenvalue weighted by Crippen LogP contribution is 2.12. The third-order valence-electron chi connectivity index (χ3n) is 3.47. The van der Waals surface area contributed by atoms with E-state index in [2.05, 4.69) is 12.2 Å². The van der Waals surface area contributed by atoms with Crippen molar-refractivity contribution in [2.45, 2.75) is 77.0 Å². The first-order chi connectivity index (χ1) is 8.89. The molecule has 1 heterocycles. The Bertz CT molecular complexity index is 233. The zero-order valence-corrected chi connectivity index (χ0v) is 11.7. The molecule has 0 spiro atoms. The summed E-state index contributed by atoms with van der Waals surface area (Å²) in [5.74, 6) is -0.0206. The molecule has 0 bridgehead atoms. The monoisotopic (exact) mass is 252 g/mol. The fourth-order valence-corrected chi connectivity index (χ4v) is 2.32. The Hall–Kier alpha value is -0.790. The van der Waals surface area contributed by atoms with Gasteiger partial charge in [0.1, 0.15) is 0 Å². The summed E-state index contributed by atoms with van der Waals surface area (Å²) in [6, 6.07) is 0. The number of carbonyl (C=O) groups excluding carboxylic acids is 1. The Labute approximate surface area is 112 Å². The number of allylic oxidation sites excluding steroid dienone is 1. The van der Waals surface area contributed by atoms with Crippen LogP contribution in [0.5, 0.6) is 0 Å². The van der Waals surface area contributed by atoms with E-state index in [0.717, 1.165) is 12.8 Å². The number of ether oxygens (including phenoxy) is 1. The maximum atomic E-state index is 11.4. The van der Waals surface area contributed by atoms with Crippen LogP contribution in [0.3, 0.4) is 0 Å². The molecule has 0 amide bonds. The van der Waals surface area contributed by atoms with Crippen molar-refractivity contribution >= 4 is 5.97 Å². The minimum Gasteiger partial charge on any atom is -0.465 e. The summed E-state index contributed by atoms with van der Waals surface area (Å²) in [5, 5.41) is 0. The summed E-state index contributed by atoms with van der Waals surface area (Å²) in [5.41, 5.74) is 0. The van der Waals surface area contributed by atoms with E-state index in [4.69, 9.17) is 4.74 Å². The molecule has 0 radical (unpaired) electrons. The third kappa shape index (κ3) is 9.26. The lowest BCUT2D eigenvalue weighted by atomic mass is 10.1. The van der Waals surface area contributed by atoms with Gasteiger partial charge in [0.05, 0.1) is 6.61 Å². The smallest absolute Gasteiger partial charge is 0.305 e. The number of cyclic esters (lactones) is 1. The van der Waals surface area contributed by atoms with Gasteiger partial charge in [-0.25, -0.2) is 0 Å². The zero-order chi connectivity index (χ0) is 12.9. The van der Waals surface area contributed by atoms with Gasteiger partial charge in [-0.1, -0.05) is 57.1 Å². The Morgan fingerprint density at radius 3 is 2.00 bits per heavy atom. The van der Waals surface area contributed by atoms with Gasteiger partial charge in [0.2, 0.25) is 0 Å². The van der Waals surface area contributed by atoms with Crippen LogP contribution in [0.2, 0.25) is 0 Å². The molecule has 0 aromatic heterocycles. The van der Waals surface area contributed by atoms with Crippen molar-refractivity contribution < 1.29 is 9.53 Å². The van der Waals surface area contributed by atoms with Crippen molar-refractivity contribution in [3.05, 3.63) is 12.2 Å². The van der Waals surface area contributed by atoms with E-state index in [1.807, 2.05) is 0 Å². The van der Waals surface area contributed by atoms with Crippen molar-refractivity contribution in [2.75, 3.05) is 6.61 Å². The average molecular weight is 252 g/mol. The topological polar surface area (TPSA) is 26.3 Å². The molecule has 1 rings (SSSR count). The van der Waals surface area contributed by atoms with Crippen molar-refractivity contribution in [1.29, 1.82) is 0 Å². The number of hydrogen-bond donors (Lipinski definition) is 0. The van der Waals surface area contributed by atoms with Gasteiger partial charge in [0, 0.05) is 6.42 Å². The molecule has 0 atom stereocenters. The van der Waals surface area contributed by atoms with Crippen LogP contribution in [-0.4, -0.2) is 12.6 Å². The van der Waals surface area contributed by atoms with Crippen LogP contribution in [0.15, 0.2) is 12.2 Å². The van der Waals surface area contributed by atoms with Gasteiger partial charge in [-0.3, -0.25) is 4.79 Å². The minimum atomic E-state index is -0.0206. The molecule has 1 aliphatic rings. The van der Waals surface area contributed by atoms with E-state index in [-0.39, 0.29) is 5.97 Å². The highest BCUT2D eigenvalue weighted by molar-refractivity contribution is 5.69. The fourth-order valence-electron chi connectivity index (χ4n) is 2.32. The number of rotatable bonds is 0. The standard InChI is InChI=1S/C16H28O2/c17-16-14-12-10-8-6-4-2-1-3-5-7-9-11-13-15-18-16/h9,11H,1-8,10,12-15H2. The highest BCUT2D eigenvalue weighted by atomic mass is 16.5. The zero-order valence-electron chi connectivity index (χ0n) is 11.7. The maximum absolute atomic E-state index is 11.4. The van der Waals surface area contributed by atoms with Crippen LogP contribution in [-0.2, 0) is 9.53 Å². The summed E-state index contributed by atoms with van der Waals surface area (Å²) in [7, 11) is 0. The van der Waals surface area contributed by atoms with E-state index in [9.17, 15) is 4.79 Å². The van der Waals surface area contributed by atoms with Gasteiger partial charge >= 0.3 is 5.97 Å². The molecule has 0 unspecified atom stereocenters. The molecule has 104 valence electrons. The largest absolute Gasteiger partial charge is 0.465 e. The SMILES string of the molecule is O=C1CCCCCCCCCCCC=CCCO1. The van der Waals surface area contributed by atoms with E-state index in [0.29, 0.717) is 13.0 Å². The molecular formula is C16H28O2. The molecule has 0 fully saturated rings. The minimum absolute atomic E-state index is 0.0206. The van der Waals surface area contributed by atoms with Crippen LogP contribution in [0.4, 0.5) is 0 Å². The van der Waals surface area contributed by atoms with Gasteiger partial charge in [-0.15, -0.1) is 0 Å². The fraction of sp³-hybridized carbons (Fsp3) is 0.812. The summed E-state index contributed by atoms with van der Waals surface area (Å²) in [4.78, 5) is 11.4. The second-order valence-corrected chi connectivity index (χ2v) is 5.20. The predicted molar refractivity (Wildman–Crippen MR) is 75.5 cm³/mol. The molecule has 0 saturated carbocycles. The van der Waals surface area contributed by atoms with Crippen LogP contribution < -0.4 is 0 Å². The normalized spacial score (nSPS) is 22.1. The van der Waals surface area contributed by atoms with Crippen molar-refractivity contribution in [2.24, 2.45) is 0 Å². The lowest BCUT2D eigenvalue weighted by Crippen LogP contribution is -2.04. The molecule has 18 heavy (non-hydrogen) atoms. The van der Waals surface area contributed by atoms with E-state index >= 15 is 0 Å². The Kier molecular flexibility index (Phi) is 9.59. The Balaban J connectivity index is 2.18. The van der Waals surface area contributed by atoms with Crippen molar-refractivity contribution in [3.8, 4) is 0 Å². The van der Waals surface area contributed by atoms with E-state index in [1.54, 1.807) is 0 Å². The summed E-state index contributed by atoms with van der Waals surface area (Å²) < 4.78 is 5.18. The van der Waals surface area contributed by atoms with Crippen LogP contribution >= 0.6 is 0 Å². The lowest BCUT2D eigenvalue weighted by molar-refractivity contribution is -0.143. The second-order valence-electron chi connectivity index (χ2n) is 5.20. The van der Waals surface area contributed by atoms with E-state index in [1.165, 1.54) is 57.8 Å². The molecule has 0 N–H and O–H groups in total. The van der Waals surface area contributed by atoms with Gasteiger partial charge in [0.25, 0.3) is 0 Å². The number of carbonyl (C=O) groups is 1. The van der Waals surface area contributed by atoms with E-state index < -0.39 is 0 Å². The summed E-state index contributed by atoms with van der Waals surface area (Å²) >= 11 is 0. The summed E-state index contributed by atoms with van der Waals surface area (Å²) in [6.45, 7) is 0.551. The van der Waals surface area contributed by atoms with Gasteiger partial charge in [0.15, 0.2) is 0 Å². The van der Waals surface area contributed by atoms with Crippen LogP contribution in [0.1, 0.15) is 77.0 Å². The lowest BCUT2D eigenvalue weighted by Gasteiger charge is -2.03. The van der Waals surface area contributed by atoms with Crippen LogP contribution in [0.25, 0.3) is 0 Å². The Morgan fingerprint density at radius 1 is 0.722 bits per heavy atom. The average Bonchev–Trinajstić information content (AvgIpc) is 2.37. The number of esters is 1. The molecule has 2 nitrogen and oxygen atoms in total. The number of hydrogen-bond acceptors (Lipinski definition) is 2. The van der Waals surface area contributed by atoms with Gasteiger partial charge in [-0.05, 0) is 25.7 Å². The van der Waals surface area contributed by atoms with Crippen molar-refractivity contribution in [1.82, 2.24) is 0 Å². The quantitative estimate of drug-likeness (QED) is 0.458. The molecule has 0 aromatic rings. The molecule has 1 aliphatic heterocycles. The summed E-state index contributed by atoms with van der Waals surface area (Å²) in [6.07, 6.45) is 18.6. The first-order valence-corrected chi connectivity index (χ1v) is 7.70. The van der Waals surface area contributed by atoms with Gasteiger partial charge < -0.3 is 4.74 Å². The third-order valence-corrected chi connectivity index (χ3v) is 3.47. The maximum Gasteiger partial charge on any atom is 0.305 e. The van der Waals surface area contributed by atoms with Crippen molar-refractivity contribution in [3.63, 3.8) is 0 Å². The Morgan fingerprint density at radius 2 is 1.28 bits per heavy atom. The van der Waals surface area contributed by atoms with Crippen LogP contribution in [0, 0.1) is 0 Å². The highest BCUT2D eigenvalue weighted by Gasteiger charge is 2.01.